The van der Waals surface area contributed by atoms with Gasteiger partial charge in [0.15, 0.2) is 0 Å². The topological polar surface area (TPSA) is 85.3 Å². The Balaban J connectivity index is 1.45. The van der Waals surface area contributed by atoms with Crippen molar-refractivity contribution in [3.8, 4) is 0 Å². The van der Waals surface area contributed by atoms with Crippen LogP contribution in [0.4, 0.5) is 4.79 Å². The van der Waals surface area contributed by atoms with Gasteiger partial charge in [-0.05, 0) is 37.7 Å². The van der Waals surface area contributed by atoms with Crippen molar-refractivity contribution in [1.29, 1.82) is 0 Å². The lowest BCUT2D eigenvalue weighted by Crippen LogP contribution is -2.40. The molecule has 0 unspecified atom stereocenters. The Labute approximate surface area is 165 Å². The minimum atomic E-state index is -0.562. The van der Waals surface area contributed by atoms with Gasteiger partial charge in [-0.2, -0.15) is 0 Å². The average Bonchev–Trinajstić information content (AvgIpc) is 3.11. The van der Waals surface area contributed by atoms with Crippen LogP contribution in [0.25, 0.3) is 0 Å². The summed E-state index contributed by atoms with van der Waals surface area (Å²) in [4.78, 5) is 25.6. The Morgan fingerprint density at radius 3 is 2.54 bits per heavy atom. The molecule has 1 aromatic carbocycles. The lowest BCUT2D eigenvalue weighted by Gasteiger charge is -2.29. The maximum Gasteiger partial charge on any atom is 0.410 e. The van der Waals surface area contributed by atoms with Crippen molar-refractivity contribution < 1.29 is 28.9 Å². The first-order valence-corrected chi connectivity index (χ1v) is 9.91. The molecular formula is C21H29NO6. The SMILES string of the molecule is COC(=O)C1CCC(OC[C@@H]2C[C@@H](O)CN2C(=O)OCc2ccccc2)CC1. The van der Waals surface area contributed by atoms with Crippen molar-refractivity contribution in [2.24, 2.45) is 5.92 Å². The molecule has 2 fully saturated rings. The van der Waals surface area contributed by atoms with Crippen LogP contribution in [-0.4, -0.2) is 60.6 Å². The predicted octanol–water partition coefficient (Wildman–Crippen LogP) is 2.51. The van der Waals surface area contributed by atoms with Crippen LogP contribution in [0.15, 0.2) is 30.3 Å². The maximum absolute atomic E-state index is 12.5. The van der Waals surface area contributed by atoms with Gasteiger partial charge < -0.3 is 24.2 Å². The molecule has 28 heavy (non-hydrogen) atoms. The zero-order valence-corrected chi connectivity index (χ0v) is 16.3. The van der Waals surface area contributed by atoms with E-state index in [0.29, 0.717) is 13.0 Å². The van der Waals surface area contributed by atoms with Crippen LogP contribution in [-0.2, 0) is 25.6 Å². The highest BCUT2D eigenvalue weighted by molar-refractivity contribution is 5.72. The van der Waals surface area contributed by atoms with Gasteiger partial charge in [0, 0.05) is 0 Å². The molecule has 154 valence electrons. The number of esters is 1. The van der Waals surface area contributed by atoms with Gasteiger partial charge >= 0.3 is 12.1 Å². The lowest BCUT2D eigenvalue weighted by atomic mass is 9.87. The Hall–Kier alpha value is -2.12. The Kier molecular flexibility index (Phi) is 7.28. The molecule has 2 aliphatic rings. The third-order valence-electron chi connectivity index (χ3n) is 5.57. The highest BCUT2D eigenvalue weighted by atomic mass is 16.6. The second-order valence-electron chi connectivity index (χ2n) is 7.57. The maximum atomic E-state index is 12.5. The number of nitrogens with zero attached hydrogens (tertiary/aromatic N) is 1. The zero-order chi connectivity index (χ0) is 19.9. The summed E-state index contributed by atoms with van der Waals surface area (Å²) in [7, 11) is 1.42. The van der Waals surface area contributed by atoms with Gasteiger partial charge in [-0.1, -0.05) is 30.3 Å². The van der Waals surface area contributed by atoms with Gasteiger partial charge in [0.2, 0.25) is 0 Å². The van der Waals surface area contributed by atoms with E-state index in [4.69, 9.17) is 14.2 Å². The molecular weight excluding hydrogens is 362 g/mol. The minimum absolute atomic E-state index is 0.0392. The van der Waals surface area contributed by atoms with Crippen LogP contribution in [0.2, 0.25) is 0 Å². The number of aliphatic hydroxyl groups is 1. The first-order chi connectivity index (χ1) is 13.6. The van der Waals surface area contributed by atoms with E-state index >= 15 is 0 Å². The summed E-state index contributed by atoms with van der Waals surface area (Å²) in [5.74, 6) is -0.188. The smallest absolute Gasteiger partial charge is 0.410 e. The molecule has 1 heterocycles. The summed E-state index contributed by atoms with van der Waals surface area (Å²) in [6.07, 6.45) is 2.68. The Morgan fingerprint density at radius 2 is 1.86 bits per heavy atom. The lowest BCUT2D eigenvalue weighted by molar-refractivity contribution is -0.147. The van der Waals surface area contributed by atoms with Crippen LogP contribution < -0.4 is 0 Å². The van der Waals surface area contributed by atoms with Gasteiger partial charge in [-0.25, -0.2) is 4.79 Å². The third-order valence-corrected chi connectivity index (χ3v) is 5.57. The van der Waals surface area contributed by atoms with Crippen LogP contribution in [0.5, 0.6) is 0 Å². The molecule has 1 saturated heterocycles. The summed E-state index contributed by atoms with van der Waals surface area (Å²) < 4.78 is 16.2. The van der Waals surface area contributed by atoms with E-state index in [1.807, 2.05) is 30.3 Å². The summed E-state index contributed by atoms with van der Waals surface area (Å²) in [6.45, 7) is 0.833. The molecule has 7 heteroatoms. The second kappa shape index (κ2) is 9.89. The molecule has 1 aliphatic carbocycles. The van der Waals surface area contributed by atoms with E-state index in [1.54, 1.807) is 4.90 Å². The number of rotatable bonds is 6. The number of methoxy groups -OCH3 is 1. The summed E-state index contributed by atoms with van der Waals surface area (Å²) in [5.41, 5.74) is 0.922. The number of carbonyl (C=O) groups is 2. The van der Waals surface area contributed by atoms with Crippen molar-refractivity contribution in [2.75, 3.05) is 20.3 Å². The fraction of sp³-hybridized carbons (Fsp3) is 0.619. The molecule has 0 aromatic heterocycles. The van der Waals surface area contributed by atoms with E-state index < -0.39 is 12.2 Å². The third kappa shape index (κ3) is 5.45. The van der Waals surface area contributed by atoms with E-state index in [1.165, 1.54) is 7.11 Å². The van der Waals surface area contributed by atoms with Gasteiger partial charge in [0.05, 0.1) is 44.4 Å². The summed E-state index contributed by atoms with van der Waals surface area (Å²) in [6, 6.07) is 9.31. The number of aliphatic hydroxyl groups excluding tert-OH is 1. The number of benzene rings is 1. The number of amides is 1. The number of hydrogen-bond donors (Lipinski definition) is 1. The Morgan fingerprint density at radius 1 is 1.14 bits per heavy atom. The highest BCUT2D eigenvalue weighted by Gasteiger charge is 2.36. The highest BCUT2D eigenvalue weighted by Crippen LogP contribution is 2.28. The number of hydrogen-bond acceptors (Lipinski definition) is 6. The van der Waals surface area contributed by atoms with Gasteiger partial charge in [0.25, 0.3) is 0 Å². The Bertz CT molecular complexity index is 644. The number of likely N-dealkylation sites (tertiary alicyclic amines) is 1. The summed E-state index contributed by atoms with van der Waals surface area (Å²) >= 11 is 0. The van der Waals surface area contributed by atoms with Gasteiger partial charge in [-0.3, -0.25) is 4.79 Å². The molecule has 1 aliphatic heterocycles. The standard InChI is InChI=1S/C21H29NO6/c1-26-20(24)16-7-9-19(10-8-16)27-14-17-11-18(23)12-22(17)21(25)28-13-15-5-3-2-4-6-15/h2-6,16-19,23H,7-14H2,1H3/t16?,17-,18+,19?/m0/s1. The van der Waals surface area contributed by atoms with E-state index in [0.717, 1.165) is 31.2 Å². The molecule has 7 nitrogen and oxygen atoms in total. The van der Waals surface area contributed by atoms with Crippen LogP contribution >= 0.6 is 0 Å². The fourth-order valence-corrected chi connectivity index (χ4v) is 3.95. The molecule has 0 spiro atoms. The molecule has 1 N–H and O–H groups in total. The first-order valence-electron chi connectivity index (χ1n) is 9.91. The monoisotopic (exact) mass is 391 g/mol. The molecule has 1 aromatic rings. The quantitative estimate of drug-likeness (QED) is 0.750. The molecule has 0 bridgehead atoms. The molecule has 0 radical (unpaired) electrons. The first kappa shape index (κ1) is 20.6. The van der Waals surface area contributed by atoms with E-state index in [9.17, 15) is 14.7 Å². The van der Waals surface area contributed by atoms with E-state index in [2.05, 4.69) is 0 Å². The number of ether oxygens (including phenoxy) is 3. The number of β-amino-alcohol motifs (C(OH)–C–C–N with tert-alkyl or cyclic N) is 1. The molecule has 2 atom stereocenters. The van der Waals surface area contributed by atoms with Crippen molar-refractivity contribution >= 4 is 12.1 Å². The predicted molar refractivity (Wildman–Crippen MR) is 101 cm³/mol. The fourth-order valence-electron chi connectivity index (χ4n) is 3.95. The van der Waals surface area contributed by atoms with E-state index in [-0.39, 0.29) is 37.2 Å². The van der Waals surface area contributed by atoms with Crippen molar-refractivity contribution in [3.05, 3.63) is 35.9 Å². The van der Waals surface area contributed by atoms with Gasteiger partial charge in [0.1, 0.15) is 6.61 Å². The zero-order valence-electron chi connectivity index (χ0n) is 16.3. The van der Waals surface area contributed by atoms with Crippen molar-refractivity contribution in [1.82, 2.24) is 4.90 Å². The average molecular weight is 391 g/mol. The van der Waals surface area contributed by atoms with Gasteiger partial charge in [-0.15, -0.1) is 0 Å². The van der Waals surface area contributed by atoms with Crippen LogP contribution in [0.1, 0.15) is 37.7 Å². The second-order valence-corrected chi connectivity index (χ2v) is 7.57. The van der Waals surface area contributed by atoms with Crippen LogP contribution in [0.3, 0.4) is 0 Å². The van der Waals surface area contributed by atoms with Crippen LogP contribution in [0, 0.1) is 5.92 Å². The minimum Gasteiger partial charge on any atom is -0.469 e. The largest absolute Gasteiger partial charge is 0.469 e. The number of carbonyl (C=O) groups excluding carboxylic acids is 2. The molecule has 1 saturated carbocycles. The van der Waals surface area contributed by atoms with Crippen molar-refractivity contribution in [3.63, 3.8) is 0 Å². The molecule has 1 amide bonds. The summed E-state index contributed by atoms with van der Waals surface area (Å²) in [5, 5.41) is 10.0. The normalized spacial score (nSPS) is 27.4. The van der Waals surface area contributed by atoms with Crippen molar-refractivity contribution in [2.45, 2.75) is 57.0 Å². The molecule has 3 rings (SSSR count).